The van der Waals surface area contributed by atoms with E-state index in [4.69, 9.17) is 0 Å². The van der Waals surface area contributed by atoms with Crippen LogP contribution in [0.2, 0.25) is 0 Å². The molecule has 0 unspecified atom stereocenters. The molecule has 0 aromatic heterocycles. The van der Waals surface area contributed by atoms with Crippen molar-refractivity contribution in [2.75, 3.05) is 0 Å². The van der Waals surface area contributed by atoms with Crippen LogP contribution in [-0.2, 0) is 0 Å². The summed E-state index contributed by atoms with van der Waals surface area (Å²) in [5.74, 6) is 0.289. The van der Waals surface area contributed by atoms with Crippen molar-refractivity contribution in [1.82, 2.24) is 0 Å². The van der Waals surface area contributed by atoms with Gasteiger partial charge in [0.25, 0.3) is 0 Å². The van der Waals surface area contributed by atoms with Crippen molar-refractivity contribution in [3.8, 4) is 0 Å². The second-order valence-corrected chi connectivity index (χ2v) is 7.28. The van der Waals surface area contributed by atoms with E-state index in [2.05, 4.69) is 0 Å². The van der Waals surface area contributed by atoms with Gasteiger partial charge in [0.1, 0.15) is 0 Å². The summed E-state index contributed by atoms with van der Waals surface area (Å²) in [5.41, 5.74) is 0.955. The van der Waals surface area contributed by atoms with E-state index in [0.717, 1.165) is 57.3 Å². The molecule has 0 heterocycles. The van der Waals surface area contributed by atoms with Gasteiger partial charge in [-0.15, -0.1) is 0 Å². The van der Waals surface area contributed by atoms with E-state index in [-0.39, 0.29) is 12.0 Å². The summed E-state index contributed by atoms with van der Waals surface area (Å²) in [6.45, 7) is 1.61. The van der Waals surface area contributed by atoms with Crippen LogP contribution in [0.15, 0.2) is 12.1 Å². The molecule has 1 aromatic carbocycles. The minimum atomic E-state index is -0.680. The van der Waals surface area contributed by atoms with Crippen LogP contribution in [0, 0.1) is 30.4 Å². The monoisotopic (exact) mass is 308 g/mol. The number of hydrogen-bond donors (Lipinski definition) is 1. The van der Waals surface area contributed by atoms with Gasteiger partial charge in [-0.2, -0.15) is 0 Å². The SMILES string of the molecule is Cc1ccc(C2CCC(C3CCC(O)CC3)CC2)c(F)c1F. The first-order chi connectivity index (χ1) is 10.6. The lowest BCUT2D eigenvalue weighted by Crippen LogP contribution is -2.27. The van der Waals surface area contributed by atoms with Crippen LogP contribution in [0.25, 0.3) is 0 Å². The molecule has 0 bridgehead atoms. The molecule has 1 N–H and O–H groups in total. The number of aryl methyl sites for hydroxylation is 1. The predicted molar refractivity (Wildman–Crippen MR) is 83.8 cm³/mol. The highest BCUT2D eigenvalue weighted by Gasteiger charge is 2.32. The number of aliphatic hydroxyl groups excluding tert-OH is 1. The molecule has 2 aliphatic carbocycles. The van der Waals surface area contributed by atoms with Gasteiger partial charge in [-0.05, 0) is 87.2 Å². The zero-order valence-electron chi connectivity index (χ0n) is 13.3. The van der Waals surface area contributed by atoms with Crippen molar-refractivity contribution < 1.29 is 13.9 Å². The first-order valence-corrected chi connectivity index (χ1v) is 8.68. The fourth-order valence-corrected chi connectivity index (χ4v) is 4.45. The van der Waals surface area contributed by atoms with Gasteiger partial charge in [0.05, 0.1) is 6.10 Å². The van der Waals surface area contributed by atoms with Crippen LogP contribution in [0.1, 0.15) is 68.4 Å². The number of aliphatic hydroxyl groups is 1. The van der Waals surface area contributed by atoms with Crippen molar-refractivity contribution in [3.63, 3.8) is 0 Å². The maximum Gasteiger partial charge on any atom is 0.162 e. The molecule has 22 heavy (non-hydrogen) atoms. The normalized spacial score (nSPS) is 32.9. The van der Waals surface area contributed by atoms with Gasteiger partial charge in [-0.1, -0.05) is 12.1 Å². The van der Waals surface area contributed by atoms with Gasteiger partial charge in [0.15, 0.2) is 11.6 Å². The first-order valence-electron chi connectivity index (χ1n) is 8.68. The molecule has 0 spiro atoms. The van der Waals surface area contributed by atoms with Crippen molar-refractivity contribution in [2.45, 2.75) is 70.3 Å². The lowest BCUT2D eigenvalue weighted by Gasteiger charge is -2.37. The zero-order valence-corrected chi connectivity index (χ0v) is 13.3. The highest BCUT2D eigenvalue weighted by Crippen LogP contribution is 2.43. The Morgan fingerprint density at radius 3 is 1.95 bits per heavy atom. The number of rotatable bonds is 2. The average molecular weight is 308 g/mol. The Labute approximate surface area is 131 Å². The van der Waals surface area contributed by atoms with E-state index in [0.29, 0.717) is 17.0 Å². The Kier molecular flexibility index (Phi) is 4.82. The van der Waals surface area contributed by atoms with E-state index in [1.54, 1.807) is 19.1 Å². The fourth-order valence-electron chi connectivity index (χ4n) is 4.45. The van der Waals surface area contributed by atoms with Crippen LogP contribution >= 0.6 is 0 Å². The molecule has 2 fully saturated rings. The Bertz CT molecular complexity index is 512. The summed E-state index contributed by atoms with van der Waals surface area (Å²) in [6, 6.07) is 3.47. The van der Waals surface area contributed by atoms with Crippen molar-refractivity contribution in [3.05, 3.63) is 34.9 Å². The second-order valence-electron chi connectivity index (χ2n) is 7.28. The third-order valence-electron chi connectivity index (χ3n) is 5.92. The minimum absolute atomic E-state index is 0.0998. The lowest BCUT2D eigenvalue weighted by molar-refractivity contribution is 0.0803. The van der Waals surface area contributed by atoms with Gasteiger partial charge >= 0.3 is 0 Å². The van der Waals surface area contributed by atoms with Crippen LogP contribution in [0.3, 0.4) is 0 Å². The molecule has 0 saturated heterocycles. The second kappa shape index (κ2) is 6.66. The Balaban J connectivity index is 1.61. The Hall–Kier alpha value is -0.960. The molecular weight excluding hydrogens is 282 g/mol. The van der Waals surface area contributed by atoms with E-state index in [1.807, 2.05) is 0 Å². The molecule has 0 aliphatic heterocycles. The molecule has 1 aromatic rings. The number of hydrogen-bond acceptors (Lipinski definition) is 1. The highest BCUT2D eigenvalue weighted by atomic mass is 19.2. The maximum absolute atomic E-state index is 14.1. The van der Waals surface area contributed by atoms with Crippen molar-refractivity contribution in [1.29, 1.82) is 0 Å². The standard InChI is InChI=1S/C19H26F2O/c1-12-2-11-17(19(21)18(12)20)15-5-3-13(4-6-15)14-7-9-16(22)10-8-14/h2,11,13-16,22H,3-10H2,1H3. The average Bonchev–Trinajstić information content (AvgIpc) is 2.54. The third-order valence-corrected chi connectivity index (χ3v) is 5.92. The molecule has 3 heteroatoms. The summed E-state index contributed by atoms with van der Waals surface area (Å²) in [7, 11) is 0. The summed E-state index contributed by atoms with van der Waals surface area (Å²) in [4.78, 5) is 0. The van der Waals surface area contributed by atoms with Crippen LogP contribution in [0.5, 0.6) is 0 Å². The molecule has 0 atom stereocenters. The zero-order chi connectivity index (χ0) is 15.7. The molecule has 0 radical (unpaired) electrons. The van der Waals surface area contributed by atoms with Crippen LogP contribution in [-0.4, -0.2) is 11.2 Å². The topological polar surface area (TPSA) is 20.2 Å². The van der Waals surface area contributed by atoms with Crippen molar-refractivity contribution in [2.24, 2.45) is 11.8 Å². The molecule has 122 valence electrons. The summed E-state index contributed by atoms with van der Waals surface area (Å²) >= 11 is 0. The smallest absolute Gasteiger partial charge is 0.162 e. The Morgan fingerprint density at radius 2 is 1.36 bits per heavy atom. The maximum atomic E-state index is 14.1. The van der Waals surface area contributed by atoms with Gasteiger partial charge in [-0.25, -0.2) is 8.78 Å². The molecule has 3 rings (SSSR count). The Morgan fingerprint density at radius 1 is 0.818 bits per heavy atom. The number of benzene rings is 1. The molecule has 2 aliphatic rings. The van der Waals surface area contributed by atoms with Gasteiger partial charge < -0.3 is 5.11 Å². The lowest BCUT2D eigenvalue weighted by atomic mass is 9.69. The van der Waals surface area contributed by atoms with E-state index < -0.39 is 11.6 Å². The fraction of sp³-hybridized carbons (Fsp3) is 0.684. The third kappa shape index (κ3) is 3.19. The highest BCUT2D eigenvalue weighted by molar-refractivity contribution is 5.28. The minimum Gasteiger partial charge on any atom is -0.393 e. The predicted octanol–water partition coefficient (Wildman–Crippen LogP) is 5.10. The quantitative estimate of drug-likeness (QED) is 0.806. The molecular formula is C19H26F2O. The van der Waals surface area contributed by atoms with Gasteiger partial charge in [-0.3, -0.25) is 0 Å². The van der Waals surface area contributed by atoms with E-state index >= 15 is 0 Å². The van der Waals surface area contributed by atoms with Crippen LogP contribution < -0.4 is 0 Å². The summed E-state index contributed by atoms with van der Waals surface area (Å²) in [5, 5.41) is 9.62. The van der Waals surface area contributed by atoms with Gasteiger partial charge in [0, 0.05) is 0 Å². The molecule has 2 saturated carbocycles. The summed E-state index contributed by atoms with van der Waals surface area (Å²) in [6.07, 6.45) is 8.17. The van der Waals surface area contributed by atoms with Gasteiger partial charge in [0.2, 0.25) is 0 Å². The van der Waals surface area contributed by atoms with E-state index in [1.165, 1.54) is 0 Å². The summed E-state index contributed by atoms with van der Waals surface area (Å²) < 4.78 is 27.9. The van der Waals surface area contributed by atoms with Crippen LogP contribution in [0.4, 0.5) is 8.78 Å². The molecule has 0 amide bonds. The molecule has 1 nitrogen and oxygen atoms in total. The van der Waals surface area contributed by atoms with E-state index in [9.17, 15) is 13.9 Å². The number of halogens is 2. The van der Waals surface area contributed by atoms with Crippen molar-refractivity contribution >= 4 is 0 Å². The largest absolute Gasteiger partial charge is 0.393 e. The first kappa shape index (κ1) is 15.9.